The van der Waals surface area contributed by atoms with Gasteiger partial charge in [0, 0.05) is 18.3 Å². The van der Waals surface area contributed by atoms with Gasteiger partial charge in [0.05, 0.1) is 5.41 Å². The molecule has 3 rings (SSSR count). The largest absolute Gasteiger partial charge is 0.481 e. The molecule has 1 unspecified atom stereocenters. The van der Waals surface area contributed by atoms with Crippen molar-refractivity contribution in [2.45, 2.75) is 38.6 Å². The van der Waals surface area contributed by atoms with Crippen molar-refractivity contribution in [3.8, 4) is 0 Å². The number of hydrogen-bond acceptors (Lipinski definition) is 2. The maximum Gasteiger partial charge on any atom is 0.322 e. The van der Waals surface area contributed by atoms with Crippen LogP contribution in [0.5, 0.6) is 0 Å². The lowest BCUT2D eigenvalue weighted by Gasteiger charge is -2.38. The van der Waals surface area contributed by atoms with Crippen LogP contribution in [-0.4, -0.2) is 29.7 Å². The van der Waals surface area contributed by atoms with Crippen molar-refractivity contribution in [1.82, 2.24) is 5.32 Å². The summed E-state index contributed by atoms with van der Waals surface area (Å²) in [6.45, 7) is 2.22. The zero-order valence-corrected chi connectivity index (χ0v) is 12.1. The average Bonchev–Trinajstić information content (AvgIpc) is 2.72. The molecule has 0 radical (unpaired) electrons. The van der Waals surface area contributed by atoms with Crippen LogP contribution in [0.15, 0.2) is 24.3 Å². The second-order valence-electron chi connectivity index (χ2n) is 6.15. The summed E-state index contributed by atoms with van der Waals surface area (Å²) >= 11 is 0. The quantitative estimate of drug-likeness (QED) is 0.897. The molecule has 0 spiro atoms. The number of aliphatic carboxylic acids is 1. The highest BCUT2D eigenvalue weighted by Crippen LogP contribution is 2.40. The Morgan fingerprint density at radius 1 is 1.38 bits per heavy atom. The van der Waals surface area contributed by atoms with E-state index in [1.165, 1.54) is 0 Å². The third kappa shape index (κ3) is 2.26. The Labute approximate surface area is 123 Å². The van der Waals surface area contributed by atoms with Crippen LogP contribution >= 0.6 is 0 Å². The number of hydrogen-bond donors (Lipinski definition) is 2. The number of urea groups is 1. The minimum absolute atomic E-state index is 0.101. The van der Waals surface area contributed by atoms with E-state index in [1.807, 2.05) is 31.2 Å². The van der Waals surface area contributed by atoms with Crippen molar-refractivity contribution < 1.29 is 14.7 Å². The number of carboxylic acids is 1. The number of rotatable bonds is 3. The minimum Gasteiger partial charge on any atom is -0.481 e. The Balaban J connectivity index is 1.70. The van der Waals surface area contributed by atoms with Gasteiger partial charge in [0.1, 0.15) is 0 Å². The third-order valence-electron chi connectivity index (χ3n) is 4.77. The fourth-order valence-electron chi connectivity index (χ4n) is 3.27. The Morgan fingerprint density at radius 3 is 2.71 bits per heavy atom. The number of anilines is 1. The van der Waals surface area contributed by atoms with E-state index in [0.29, 0.717) is 12.8 Å². The fourth-order valence-corrected chi connectivity index (χ4v) is 3.27. The zero-order chi connectivity index (χ0) is 15.0. The van der Waals surface area contributed by atoms with Crippen LogP contribution in [0.2, 0.25) is 0 Å². The zero-order valence-electron chi connectivity index (χ0n) is 12.1. The van der Waals surface area contributed by atoms with E-state index in [-0.39, 0.29) is 18.6 Å². The van der Waals surface area contributed by atoms with Crippen molar-refractivity contribution in [2.75, 3.05) is 11.4 Å². The Bertz CT molecular complexity index is 581. The molecule has 1 aromatic carbocycles. The Morgan fingerprint density at radius 2 is 2.10 bits per heavy atom. The third-order valence-corrected chi connectivity index (χ3v) is 4.77. The predicted molar refractivity (Wildman–Crippen MR) is 79.4 cm³/mol. The van der Waals surface area contributed by atoms with Gasteiger partial charge in [0.25, 0.3) is 0 Å². The van der Waals surface area contributed by atoms with Crippen molar-refractivity contribution in [1.29, 1.82) is 0 Å². The second kappa shape index (κ2) is 5.06. The number of benzene rings is 1. The molecule has 0 aromatic heterocycles. The van der Waals surface area contributed by atoms with Gasteiger partial charge < -0.3 is 10.4 Å². The number of fused-ring (bicyclic) bond motifs is 1. The summed E-state index contributed by atoms with van der Waals surface area (Å²) in [6, 6.07) is 7.77. The number of amides is 2. The molecule has 5 nitrogen and oxygen atoms in total. The molecule has 112 valence electrons. The SMILES string of the molecule is CC1Cc2ccccc2N1C(=O)NCC1(C(=O)O)CCC1. The van der Waals surface area contributed by atoms with Gasteiger partial charge in [-0.2, -0.15) is 0 Å². The molecule has 1 aromatic rings. The standard InChI is InChI=1S/C16H20N2O3/c1-11-9-12-5-2-3-6-13(12)18(11)15(21)17-10-16(14(19)20)7-4-8-16/h2-3,5-6,11H,4,7-10H2,1H3,(H,17,21)(H,19,20). The van der Waals surface area contributed by atoms with Crippen LogP contribution in [0, 0.1) is 5.41 Å². The van der Waals surface area contributed by atoms with E-state index in [1.54, 1.807) is 4.90 Å². The van der Waals surface area contributed by atoms with E-state index in [9.17, 15) is 14.7 Å². The first-order valence-electron chi connectivity index (χ1n) is 7.42. The molecule has 1 fully saturated rings. The molecule has 2 amide bonds. The van der Waals surface area contributed by atoms with Crippen LogP contribution in [0.25, 0.3) is 0 Å². The molecular weight excluding hydrogens is 268 g/mol. The number of nitrogens with zero attached hydrogens (tertiary/aromatic N) is 1. The molecule has 0 saturated heterocycles. The molecule has 1 aliphatic heterocycles. The van der Waals surface area contributed by atoms with Crippen LogP contribution < -0.4 is 10.2 Å². The molecule has 21 heavy (non-hydrogen) atoms. The van der Waals surface area contributed by atoms with Crippen LogP contribution in [0.1, 0.15) is 31.7 Å². The van der Waals surface area contributed by atoms with Gasteiger partial charge in [-0.05, 0) is 37.8 Å². The molecule has 1 heterocycles. The van der Waals surface area contributed by atoms with Gasteiger partial charge in [-0.3, -0.25) is 9.69 Å². The summed E-state index contributed by atoms with van der Waals surface area (Å²) in [6.07, 6.45) is 3.06. The maximum absolute atomic E-state index is 12.4. The summed E-state index contributed by atoms with van der Waals surface area (Å²) in [5.41, 5.74) is 1.34. The van der Waals surface area contributed by atoms with Crippen molar-refractivity contribution >= 4 is 17.7 Å². The highest BCUT2D eigenvalue weighted by Gasteiger charge is 2.45. The van der Waals surface area contributed by atoms with E-state index >= 15 is 0 Å². The van der Waals surface area contributed by atoms with Gasteiger partial charge in [-0.25, -0.2) is 4.79 Å². The molecule has 2 aliphatic rings. The summed E-state index contributed by atoms with van der Waals surface area (Å²) in [5.74, 6) is -0.802. The summed E-state index contributed by atoms with van der Waals surface area (Å²) in [7, 11) is 0. The number of carbonyl (C=O) groups is 2. The molecule has 1 atom stereocenters. The average molecular weight is 288 g/mol. The highest BCUT2D eigenvalue weighted by atomic mass is 16.4. The normalized spacial score (nSPS) is 22.3. The topological polar surface area (TPSA) is 69.6 Å². The highest BCUT2D eigenvalue weighted by molar-refractivity contribution is 5.95. The molecule has 1 saturated carbocycles. The first-order valence-corrected chi connectivity index (χ1v) is 7.42. The Kier molecular flexibility index (Phi) is 3.35. The van der Waals surface area contributed by atoms with Gasteiger partial charge in [0.15, 0.2) is 0 Å². The number of carbonyl (C=O) groups excluding carboxylic acids is 1. The Hall–Kier alpha value is -2.04. The van der Waals surface area contributed by atoms with Gasteiger partial charge in [0.2, 0.25) is 0 Å². The van der Waals surface area contributed by atoms with Crippen molar-refractivity contribution in [3.05, 3.63) is 29.8 Å². The van der Waals surface area contributed by atoms with E-state index in [4.69, 9.17) is 0 Å². The monoisotopic (exact) mass is 288 g/mol. The number of nitrogens with one attached hydrogen (secondary N) is 1. The van der Waals surface area contributed by atoms with Crippen LogP contribution in [-0.2, 0) is 11.2 Å². The predicted octanol–water partition coefficient (Wildman–Crippen LogP) is 2.40. The van der Waals surface area contributed by atoms with Crippen molar-refractivity contribution in [2.24, 2.45) is 5.41 Å². The lowest BCUT2D eigenvalue weighted by molar-refractivity contribution is -0.153. The molecule has 2 N–H and O–H groups in total. The smallest absolute Gasteiger partial charge is 0.322 e. The minimum atomic E-state index is -0.802. The first kappa shape index (κ1) is 13.9. The maximum atomic E-state index is 12.4. The van der Waals surface area contributed by atoms with Crippen molar-refractivity contribution in [3.63, 3.8) is 0 Å². The number of carboxylic acid groups (broad SMARTS) is 1. The summed E-state index contributed by atoms with van der Waals surface area (Å²) in [4.78, 5) is 25.5. The van der Waals surface area contributed by atoms with Gasteiger partial charge in [-0.15, -0.1) is 0 Å². The summed E-state index contributed by atoms with van der Waals surface area (Å²) in [5, 5.41) is 12.1. The van der Waals surface area contributed by atoms with Crippen LogP contribution in [0.3, 0.4) is 0 Å². The van der Waals surface area contributed by atoms with Crippen LogP contribution in [0.4, 0.5) is 10.5 Å². The second-order valence-corrected chi connectivity index (χ2v) is 6.15. The van der Waals surface area contributed by atoms with E-state index in [2.05, 4.69) is 5.32 Å². The lowest BCUT2D eigenvalue weighted by Crippen LogP contribution is -2.51. The van der Waals surface area contributed by atoms with E-state index in [0.717, 1.165) is 24.1 Å². The molecule has 0 bridgehead atoms. The fraction of sp³-hybridized carbons (Fsp3) is 0.500. The first-order chi connectivity index (χ1) is 10.0. The molecular formula is C16H20N2O3. The van der Waals surface area contributed by atoms with Gasteiger partial charge >= 0.3 is 12.0 Å². The summed E-state index contributed by atoms with van der Waals surface area (Å²) < 4.78 is 0. The molecule has 1 aliphatic carbocycles. The number of para-hydroxylation sites is 1. The van der Waals surface area contributed by atoms with E-state index < -0.39 is 11.4 Å². The van der Waals surface area contributed by atoms with Gasteiger partial charge in [-0.1, -0.05) is 24.6 Å². The molecule has 5 heteroatoms. The lowest BCUT2D eigenvalue weighted by atomic mass is 9.69.